The molecule has 3 aromatic carbocycles. The van der Waals surface area contributed by atoms with Gasteiger partial charge in [0, 0.05) is 12.1 Å². The molecule has 0 fully saturated rings. The van der Waals surface area contributed by atoms with E-state index in [0.29, 0.717) is 0 Å². The smallest absolute Gasteiger partial charge is 0.397 e. The van der Waals surface area contributed by atoms with E-state index in [1.165, 1.54) is 6.07 Å². The molecule has 0 aliphatic heterocycles. The van der Waals surface area contributed by atoms with Crippen LogP contribution >= 0.6 is 0 Å². The second kappa shape index (κ2) is 11.3. The van der Waals surface area contributed by atoms with Crippen molar-refractivity contribution in [3.05, 3.63) is 42.5 Å². The first-order valence-electron chi connectivity index (χ1n) is 10.4. The van der Waals surface area contributed by atoms with Crippen LogP contribution in [-0.4, -0.2) is 73.9 Å². The van der Waals surface area contributed by atoms with Crippen molar-refractivity contribution in [1.29, 1.82) is 0 Å². The molecular formula is C20H20N2O14S4. The summed E-state index contributed by atoms with van der Waals surface area (Å²) >= 11 is 0. The van der Waals surface area contributed by atoms with Gasteiger partial charge in [-0.15, -0.1) is 10.2 Å². The Labute approximate surface area is 228 Å². The molecule has 16 nitrogen and oxygen atoms in total. The molecule has 0 saturated carbocycles. The lowest BCUT2D eigenvalue weighted by Gasteiger charge is -2.13. The summed E-state index contributed by atoms with van der Waals surface area (Å²) in [5, 5.41) is 8.00. The molecule has 3 rings (SSSR count). The number of sulfone groups is 1. The summed E-state index contributed by atoms with van der Waals surface area (Å²) in [5.74, 6) is -1.35. The van der Waals surface area contributed by atoms with Gasteiger partial charge in [-0.2, -0.15) is 25.3 Å². The van der Waals surface area contributed by atoms with Crippen molar-refractivity contribution in [2.45, 2.75) is 14.7 Å². The van der Waals surface area contributed by atoms with Crippen molar-refractivity contribution >= 4 is 62.6 Å². The highest BCUT2D eigenvalue weighted by molar-refractivity contribution is 7.91. The molecule has 3 aromatic rings. The molecule has 0 amide bonds. The average molecular weight is 641 g/mol. The SMILES string of the molecule is COc1cc(S(=O)(=O)CCOS(=O)(=O)O)c(OC)cc1/N=N/c1cc2ccc(S(=O)(=O)O)cc2cc1S(=O)(=O)O. The number of methoxy groups -OCH3 is 2. The fraction of sp³-hybridized carbons (Fsp3) is 0.200. The maximum absolute atomic E-state index is 12.7. The molecule has 0 saturated heterocycles. The third-order valence-corrected chi connectivity index (χ3v) is 9.01. The van der Waals surface area contributed by atoms with Crippen molar-refractivity contribution in [3.63, 3.8) is 0 Å². The zero-order chi connectivity index (χ0) is 30.1. The minimum Gasteiger partial charge on any atom is -0.495 e. The molecule has 0 heterocycles. The molecule has 20 heteroatoms. The van der Waals surface area contributed by atoms with Crippen molar-refractivity contribution < 1.29 is 61.0 Å². The lowest BCUT2D eigenvalue weighted by molar-refractivity contribution is 0.283. The van der Waals surface area contributed by atoms with Crippen molar-refractivity contribution in [2.75, 3.05) is 26.6 Å². The number of fused-ring (bicyclic) bond motifs is 1. The van der Waals surface area contributed by atoms with Gasteiger partial charge in [-0.25, -0.2) is 12.6 Å². The number of nitrogens with zero attached hydrogens (tertiary/aromatic N) is 2. The number of rotatable bonds is 11. The van der Waals surface area contributed by atoms with Crippen LogP contribution in [0.2, 0.25) is 0 Å². The molecule has 0 spiro atoms. The van der Waals surface area contributed by atoms with Gasteiger partial charge in [-0.05, 0) is 35.0 Å². The summed E-state index contributed by atoms with van der Waals surface area (Å²) in [6.07, 6.45) is 0. The second-order valence-electron chi connectivity index (χ2n) is 7.72. The Balaban J connectivity index is 2.11. The predicted octanol–water partition coefficient (Wildman–Crippen LogP) is 2.36. The Morgan fingerprint density at radius 2 is 1.30 bits per heavy atom. The fourth-order valence-electron chi connectivity index (χ4n) is 3.33. The van der Waals surface area contributed by atoms with Crippen LogP contribution in [0.1, 0.15) is 0 Å². The first-order chi connectivity index (χ1) is 18.4. The fourth-order valence-corrected chi connectivity index (χ4v) is 6.14. The Kier molecular flexibility index (Phi) is 8.86. The van der Waals surface area contributed by atoms with E-state index < -0.39 is 73.2 Å². The van der Waals surface area contributed by atoms with Crippen LogP contribution in [-0.2, 0) is 44.7 Å². The lowest BCUT2D eigenvalue weighted by Crippen LogP contribution is -2.16. The Hall–Kier alpha value is -3.24. The maximum Gasteiger partial charge on any atom is 0.397 e. The van der Waals surface area contributed by atoms with E-state index in [2.05, 4.69) is 14.4 Å². The van der Waals surface area contributed by atoms with E-state index in [-0.39, 0.29) is 28.0 Å². The molecule has 3 N–H and O–H groups in total. The summed E-state index contributed by atoms with van der Waals surface area (Å²) in [6.45, 7) is -0.903. The first-order valence-corrected chi connectivity index (χ1v) is 16.3. The zero-order valence-corrected chi connectivity index (χ0v) is 23.6. The first kappa shape index (κ1) is 31.3. The highest BCUT2D eigenvalue weighted by Crippen LogP contribution is 2.39. The number of hydrogen-bond donors (Lipinski definition) is 3. The van der Waals surface area contributed by atoms with E-state index in [4.69, 9.17) is 14.0 Å². The summed E-state index contributed by atoms with van der Waals surface area (Å²) < 4.78 is 136. The molecule has 0 aromatic heterocycles. The van der Waals surface area contributed by atoms with E-state index in [9.17, 15) is 42.8 Å². The third kappa shape index (κ3) is 7.48. The number of hydrogen-bond acceptors (Lipinski definition) is 13. The Morgan fingerprint density at radius 1 is 0.675 bits per heavy atom. The average Bonchev–Trinajstić information content (AvgIpc) is 2.83. The molecule has 0 aliphatic rings. The monoisotopic (exact) mass is 640 g/mol. The third-order valence-electron chi connectivity index (χ3n) is 5.12. The number of ether oxygens (including phenoxy) is 2. The van der Waals surface area contributed by atoms with Crippen molar-refractivity contribution in [2.24, 2.45) is 10.2 Å². The van der Waals surface area contributed by atoms with Gasteiger partial charge in [0.2, 0.25) is 0 Å². The second-order valence-corrected chi connectivity index (χ2v) is 13.7. The summed E-state index contributed by atoms with van der Waals surface area (Å²) in [5.41, 5.74) is -0.551. The van der Waals surface area contributed by atoms with Crippen LogP contribution < -0.4 is 9.47 Å². The van der Waals surface area contributed by atoms with E-state index in [1.54, 1.807) is 0 Å². The Morgan fingerprint density at radius 3 is 1.85 bits per heavy atom. The topological polar surface area (TPSA) is 250 Å². The van der Waals surface area contributed by atoms with Gasteiger partial charge in [0.25, 0.3) is 20.2 Å². The van der Waals surface area contributed by atoms with Crippen LogP contribution in [0, 0.1) is 0 Å². The highest BCUT2D eigenvalue weighted by Gasteiger charge is 2.24. The molecule has 0 atom stereocenters. The van der Waals surface area contributed by atoms with E-state index >= 15 is 0 Å². The van der Waals surface area contributed by atoms with Crippen LogP contribution in [0.3, 0.4) is 0 Å². The summed E-state index contributed by atoms with van der Waals surface area (Å²) in [7, 11) is -16.4. The van der Waals surface area contributed by atoms with Gasteiger partial charge in [-0.1, -0.05) is 6.07 Å². The normalized spacial score (nSPS) is 13.1. The summed E-state index contributed by atoms with van der Waals surface area (Å²) in [4.78, 5) is -1.74. The standard InChI is InChI=1S/C20H20N2O14S4/c1-34-17-11-20(37(23,24)6-5-36-40(31,32)33)18(35-2)10-15(17)21-22-16-8-12-3-4-14(38(25,26)27)7-13(12)9-19(16)39(28,29)30/h3-4,7-11H,5-6H2,1-2H3,(H,25,26,27)(H,28,29,30)(H,31,32,33)/b22-21+. The largest absolute Gasteiger partial charge is 0.495 e. The van der Waals surface area contributed by atoms with E-state index in [1.807, 2.05) is 0 Å². The van der Waals surface area contributed by atoms with Gasteiger partial charge in [0.1, 0.15) is 32.7 Å². The number of azo groups is 1. The summed E-state index contributed by atoms with van der Waals surface area (Å²) in [6, 6.07) is 7.42. The zero-order valence-electron chi connectivity index (χ0n) is 20.3. The van der Waals surface area contributed by atoms with Crippen LogP contribution in [0.15, 0.2) is 67.4 Å². The molecule has 0 unspecified atom stereocenters. The van der Waals surface area contributed by atoms with Crippen molar-refractivity contribution in [1.82, 2.24) is 0 Å². The minimum absolute atomic E-state index is 0.0217. The maximum atomic E-state index is 12.7. The molecule has 218 valence electrons. The van der Waals surface area contributed by atoms with Gasteiger partial charge in [0.15, 0.2) is 9.84 Å². The van der Waals surface area contributed by atoms with Crippen LogP contribution in [0.25, 0.3) is 10.8 Å². The molecular weight excluding hydrogens is 620 g/mol. The number of benzene rings is 3. The Bertz CT molecular complexity index is 1940. The quantitative estimate of drug-likeness (QED) is 0.201. The van der Waals surface area contributed by atoms with Gasteiger partial charge in [-0.3, -0.25) is 13.7 Å². The van der Waals surface area contributed by atoms with Gasteiger partial charge in [0.05, 0.1) is 31.5 Å². The van der Waals surface area contributed by atoms with E-state index in [0.717, 1.165) is 50.6 Å². The molecule has 0 radical (unpaired) electrons. The predicted molar refractivity (Wildman–Crippen MR) is 137 cm³/mol. The van der Waals surface area contributed by atoms with Crippen LogP contribution in [0.5, 0.6) is 11.5 Å². The van der Waals surface area contributed by atoms with Gasteiger partial charge < -0.3 is 9.47 Å². The molecule has 40 heavy (non-hydrogen) atoms. The van der Waals surface area contributed by atoms with Crippen molar-refractivity contribution in [3.8, 4) is 11.5 Å². The lowest BCUT2D eigenvalue weighted by atomic mass is 10.1. The van der Waals surface area contributed by atoms with Gasteiger partial charge >= 0.3 is 10.4 Å². The highest BCUT2D eigenvalue weighted by atomic mass is 32.3. The molecule has 0 bridgehead atoms. The minimum atomic E-state index is -4.93. The van der Waals surface area contributed by atoms with Crippen LogP contribution in [0.4, 0.5) is 11.4 Å². The molecule has 0 aliphatic carbocycles.